The molecule has 24 heavy (non-hydrogen) atoms. The van der Waals surface area contributed by atoms with Gasteiger partial charge in [0.05, 0.1) is 6.54 Å². The van der Waals surface area contributed by atoms with Gasteiger partial charge in [-0.1, -0.05) is 30.3 Å². The van der Waals surface area contributed by atoms with Crippen LogP contribution in [0.15, 0.2) is 54.6 Å². The van der Waals surface area contributed by atoms with Crippen LogP contribution in [-0.2, 0) is 11.2 Å². The summed E-state index contributed by atoms with van der Waals surface area (Å²) in [5.74, 6) is 0.747. The minimum Gasteiger partial charge on any atom is -0.490 e. The van der Waals surface area contributed by atoms with Crippen LogP contribution in [0.25, 0.3) is 0 Å². The second-order valence-corrected chi connectivity index (χ2v) is 5.73. The first-order chi connectivity index (χ1) is 11.8. The fraction of sp³-hybridized carbons (Fsp3) is 0.316. The van der Waals surface area contributed by atoms with Gasteiger partial charge in [0.2, 0.25) is 0 Å². The highest BCUT2D eigenvalue weighted by Crippen LogP contribution is 2.22. The second kappa shape index (κ2) is 7.84. The maximum atomic E-state index is 12.0. The second-order valence-electron chi connectivity index (χ2n) is 5.73. The quantitative estimate of drug-likeness (QED) is 0.849. The van der Waals surface area contributed by atoms with Crippen LogP contribution in [0.4, 0.5) is 10.5 Å². The molecule has 126 valence electrons. The number of nitrogens with zero attached hydrogens (tertiary/aromatic N) is 1. The van der Waals surface area contributed by atoms with Crippen molar-refractivity contribution in [2.75, 3.05) is 24.7 Å². The average Bonchev–Trinajstić information content (AvgIpc) is 3.00. The molecule has 1 N–H and O–H groups in total. The van der Waals surface area contributed by atoms with Crippen molar-refractivity contribution in [3.05, 3.63) is 60.2 Å². The number of aliphatic hydroxyl groups is 1. The molecule has 5 nitrogen and oxygen atoms in total. The Bertz CT molecular complexity index is 657. The Morgan fingerprint density at radius 1 is 1.12 bits per heavy atom. The van der Waals surface area contributed by atoms with E-state index >= 15 is 0 Å². The zero-order valence-electron chi connectivity index (χ0n) is 13.4. The Morgan fingerprint density at radius 2 is 1.88 bits per heavy atom. The molecule has 1 saturated heterocycles. The molecule has 1 unspecified atom stereocenters. The SMILES string of the molecule is O=C1OC(COc2ccc(CCCO)cc2)CN1c1ccccc1. The third kappa shape index (κ3) is 4.06. The highest BCUT2D eigenvalue weighted by Gasteiger charge is 2.32. The fourth-order valence-corrected chi connectivity index (χ4v) is 2.65. The summed E-state index contributed by atoms with van der Waals surface area (Å²) in [6, 6.07) is 17.2. The summed E-state index contributed by atoms with van der Waals surface area (Å²) in [4.78, 5) is 13.6. The zero-order chi connectivity index (χ0) is 16.8. The molecule has 5 heteroatoms. The van der Waals surface area contributed by atoms with E-state index in [1.54, 1.807) is 4.90 Å². The molecule has 0 bridgehead atoms. The number of aryl methyl sites for hydroxylation is 1. The van der Waals surface area contributed by atoms with Crippen molar-refractivity contribution in [1.82, 2.24) is 0 Å². The van der Waals surface area contributed by atoms with Gasteiger partial charge in [-0.25, -0.2) is 4.79 Å². The van der Waals surface area contributed by atoms with E-state index in [9.17, 15) is 4.79 Å². The number of para-hydroxylation sites is 1. The Labute approximate surface area is 141 Å². The maximum Gasteiger partial charge on any atom is 0.414 e. The Kier molecular flexibility index (Phi) is 5.33. The number of anilines is 1. The van der Waals surface area contributed by atoms with Crippen molar-refractivity contribution in [1.29, 1.82) is 0 Å². The summed E-state index contributed by atoms with van der Waals surface area (Å²) in [5.41, 5.74) is 2.00. The van der Waals surface area contributed by atoms with Crippen LogP contribution in [0, 0.1) is 0 Å². The van der Waals surface area contributed by atoms with Gasteiger partial charge in [0.15, 0.2) is 6.10 Å². The minimum atomic E-state index is -0.339. The number of cyclic esters (lactones) is 1. The summed E-state index contributed by atoms with van der Waals surface area (Å²) in [5, 5.41) is 8.84. The summed E-state index contributed by atoms with van der Waals surface area (Å²) in [6.07, 6.45) is 0.984. The first kappa shape index (κ1) is 16.3. The summed E-state index contributed by atoms with van der Waals surface area (Å²) in [7, 11) is 0. The number of hydrogen-bond acceptors (Lipinski definition) is 4. The number of ether oxygens (including phenoxy) is 2. The molecule has 0 radical (unpaired) electrons. The highest BCUT2D eigenvalue weighted by molar-refractivity contribution is 5.89. The molecule has 0 spiro atoms. The van der Waals surface area contributed by atoms with E-state index < -0.39 is 0 Å². The van der Waals surface area contributed by atoms with Gasteiger partial charge < -0.3 is 14.6 Å². The van der Waals surface area contributed by atoms with Gasteiger partial charge in [0.1, 0.15) is 12.4 Å². The topological polar surface area (TPSA) is 59.0 Å². The first-order valence-electron chi connectivity index (χ1n) is 8.12. The molecule has 1 heterocycles. The number of hydrogen-bond donors (Lipinski definition) is 1. The number of carbonyl (C=O) groups excluding carboxylic acids is 1. The van der Waals surface area contributed by atoms with E-state index in [2.05, 4.69) is 0 Å². The van der Waals surface area contributed by atoms with Crippen LogP contribution in [0.2, 0.25) is 0 Å². The maximum absolute atomic E-state index is 12.0. The van der Waals surface area contributed by atoms with Crippen LogP contribution in [0.3, 0.4) is 0 Å². The van der Waals surface area contributed by atoms with Crippen molar-refractivity contribution in [2.45, 2.75) is 18.9 Å². The number of aliphatic hydroxyl groups excluding tert-OH is 1. The molecule has 1 aliphatic rings. The average molecular weight is 327 g/mol. The lowest BCUT2D eigenvalue weighted by molar-refractivity contribution is 0.105. The van der Waals surface area contributed by atoms with E-state index in [0.29, 0.717) is 13.2 Å². The number of rotatable bonds is 7. The van der Waals surface area contributed by atoms with Gasteiger partial charge >= 0.3 is 6.09 Å². The standard InChI is InChI=1S/C19H21NO4/c21-12-4-5-15-8-10-17(11-9-15)23-14-18-13-20(19(22)24-18)16-6-2-1-3-7-16/h1-3,6-11,18,21H,4-5,12-14H2. The van der Waals surface area contributed by atoms with E-state index in [1.165, 1.54) is 5.56 Å². The first-order valence-corrected chi connectivity index (χ1v) is 8.12. The van der Waals surface area contributed by atoms with Crippen molar-refractivity contribution < 1.29 is 19.4 Å². The molecule has 0 saturated carbocycles. The van der Waals surface area contributed by atoms with Gasteiger partial charge in [-0.05, 0) is 42.7 Å². The Hall–Kier alpha value is -2.53. The number of amides is 1. The molecule has 2 aromatic carbocycles. The largest absolute Gasteiger partial charge is 0.490 e. The molecular weight excluding hydrogens is 306 g/mol. The molecule has 0 aromatic heterocycles. The molecule has 2 aromatic rings. The minimum absolute atomic E-state index is 0.198. The van der Waals surface area contributed by atoms with Crippen LogP contribution in [-0.4, -0.2) is 37.1 Å². The zero-order valence-corrected chi connectivity index (χ0v) is 13.4. The lowest BCUT2D eigenvalue weighted by Gasteiger charge is -2.13. The van der Waals surface area contributed by atoms with Crippen molar-refractivity contribution >= 4 is 11.8 Å². The van der Waals surface area contributed by atoms with Crippen molar-refractivity contribution in [3.63, 3.8) is 0 Å². The van der Waals surface area contributed by atoms with E-state index in [4.69, 9.17) is 14.6 Å². The van der Waals surface area contributed by atoms with Crippen LogP contribution < -0.4 is 9.64 Å². The Morgan fingerprint density at radius 3 is 2.58 bits per heavy atom. The molecule has 3 rings (SSSR count). The molecule has 1 fully saturated rings. The molecular formula is C19H21NO4. The van der Waals surface area contributed by atoms with Gasteiger partial charge in [-0.2, -0.15) is 0 Å². The van der Waals surface area contributed by atoms with E-state index in [1.807, 2.05) is 54.6 Å². The summed E-state index contributed by atoms with van der Waals surface area (Å²) < 4.78 is 11.1. The van der Waals surface area contributed by atoms with Gasteiger partial charge in [-0.15, -0.1) is 0 Å². The summed E-state index contributed by atoms with van der Waals surface area (Å²) >= 11 is 0. The molecule has 1 amide bonds. The fourth-order valence-electron chi connectivity index (χ4n) is 2.65. The van der Waals surface area contributed by atoms with Gasteiger partial charge in [0.25, 0.3) is 0 Å². The van der Waals surface area contributed by atoms with Crippen LogP contribution >= 0.6 is 0 Å². The van der Waals surface area contributed by atoms with Crippen molar-refractivity contribution in [3.8, 4) is 5.75 Å². The highest BCUT2D eigenvalue weighted by atomic mass is 16.6. The van der Waals surface area contributed by atoms with Crippen LogP contribution in [0.1, 0.15) is 12.0 Å². The van der Waals surface area contributed by atoms with Gasteiger partial charge in [0, 0.05) is 12.3 Å². The normalized spacial score (nSPS) is 17.0. The van der Waals surface area contributed by atoms with Crippen molar-refractivity contribution in [2.24, 2.45) is 0 Å². The third-order valence-corrected chi connectivity index (χ3v) is 3.92. The Balaban J connectivity index is 1.51. The number of carbonyl (C=O) groups is 1. The predicted octanol–water partition coefficient (Wildman–Crippen LogP) is 3.02. The lowest BCUT2D eigenvalue weighted by Crippen LogP contribution is -2.26. The molecule has 0 aliphatic carbocycles. The van der Waals surface area contributed by atoms with E-state index in [0.717, 1.165) is 24.3 Å². The molecule has 1 aliphatic heterocycles. The summed E-state index contributed by atoms with van der Waals surface area (Å²) in [6.45, 7) is 1.01. The van der Waals surface area contributed by atoms with Gasteiger partial charge in [-0.3, -0.25) is 4.90 Å². The predicted molar refractivity (Wildman–Crippen MR) is 91.4 cm³/mol. The third-order valence-electron chi connectivity index (χ3n) is 3.92. The number of benzene rings is 2. The molecule has 1 atom stereocenters. The lowest BCUT2D eigenvalue weighted by atomic mass is 10.1. The van der Waals surface area contributed by atoms with E-state index in [-0.39, 0.29) is 18.8 Å². The monoisotopic (exact) mass is 327 g/mol. The van der Waals surface area contributed by atoms with Crippen LogP contribution in [0.5, 0.6) is 5.75 Å². The smallest absolute Gasteiger partial charge is 0.414 e.